The maximum atomic E-state index is 12.9. The van der Waals surface area contributed by atoms with Crippen LogP contribution in [0.5, 0.6) is 0 Å². The molecule has 5 nitrogen and oxygen atoms in total. The molecule has 4 aliphatic rings. The molecule has 0 amide bonds. The highest BCUT2D eigenvalue weighted by Gasteiger charge is 2.75. The van der Waals surface area contributed by atoms with Crippen molar-refractivity contribution >= 4 is 11.8 Å². The maximum Gasteiger partial charge on any atom is 0.317 e. The summed E-state index contributed by atoms with van der Waals surface area (Å²) in [5.41, 5.74) is 0.310. The first kappa shape index (κ1) is 17.4. The van der Waals surface area contributed by atoms with Gasteiger partial charge < -0.3 is 14.2 Å². The number of hydrogen-bond acceptors (Lipinski definition) is 5. The summed E-state index contributed by atoms with van der Waals surface area (Å²) in [6.07, 6.45) is 5.08. The zero-order chi connectivity index (χ0) is 18.5. The van der Waals surface area contributed by atoms with Crippen LogP contribution in [0.1, 0.15) is 44.1 Å². The fourth-order valence-corrected chi connectivity index (χ4v) is 6.23. The lowest BCUT2D eigenvalue weighted by Crippen LogP contribution is -2.60. The van der Waals surface area contributed by atoms with Crippen molar-refractivity contribution in [2.45, 2.75) is 56.8 Å². The summed E-state index contributed by atoms with van der Waals surface area (Å²) in [6, 6.07) is 10.1. The van der Waals surface area contributed by atoms with Gasteiger partial charge in [-0.15, -0.1) is 0 Å². The minimum Gasteiger partial charge on any atom is -0.464 e. The van der Waals surface area contributed by atoms with Crippen LogP contribution in [0.4, 0.5) is 0 Å². The van der Waals surface area contributed by atoms with Gasteiger partial charge in [-0.1, -0.05) is 36.8 Å². The maximum absolute atomic E-state index is 12.9. The molecule has 3 aliphatic heterocycles. The first-order valence-corrected chi connectivity index (χ1v) is 10.2. The minimum absolute atomic E-state index is 0.0391. The number of esters is 1. The molecule has 1 aromatic carbocycles. The van der Waals surface area contributed by atoms with Gasteiger partial charge in [0.05, 0.1) is 17.6 Å². The molecular formula is C22H26O5. The van der Waals surface area contributed by atoms with Crippen molar-refractivity contribution in [1.82, 2.24) is 0 Å². The molecule has 1 spiro atoms. The van der Waals surface area contributed by atoms with E-state index in [1.165, 1.54) is 0 Å². The molecule has 144 valence electrons. The lowest BCUT2D eigenvalue weighted by atomic mass is 9.59. The van der Waals surface area contributed by atoms with Crippen LogP contribution in [0, 0.1) is 17.3 Å². The SMILES string of the molecule is O=C1OC[C@@]2(CCCOCc3ccccc3)[C@@H]1C(=O)[C@@H]1C[C@H]3CCC[C@@]32O1. The van der Waals surface area contributed by atoms with Crippen LogP contribution in [-0.4, -0.2) is 36.7 Å². The third kappa shape index (κ3) is 2.44. The summed E-state index contributed by atoms with van der Waals surface area (Å²) < 4.78 is 17.7. The first-order chi connectivity index (χ1) is 13.2. The molecule has 0 aromatic heterocycles. The number of carbonyl (C=O) groups is 2. The van der Waals surface area contributed by atoms with Crippen molar-refractivity contribution in [1.29, 1.82) is 0 Å². The summed E-state index contributed by atoms with van der Waals surface area (Å²) in [6.45, 7) is 1.51. The number of cyclic esters (lactones) is 1. The molecule has 0 N–H and O–H groups in total. The molecule has 5 atom stereocenters. The Bertz CT molecular complexity index is 746. The number of Topliss-reactive ketones (excluding diaryl/α,β-unsaturated/α-hetero) is 1. The van der Waals surface area contributed by atoms with E-state index in [4.69, 9.17) is 14.2 Å². The van der Waals surface area contributed by atoms with E-state index in [1.807, 2.05) is 30.3 Å². The number of hydrogen-bond donors (Lipinski definition) is 0. The van der Waals surface area contributed by atoms with Crippen molar-refractivity contribution in [2.75, 3.05) is 13.2 Å². The summed E-state index contributed by atoms with van der Waals surface area (Å²) >= 11 is 0. The number of rotatable bonds is 6. The van der Waals surface area contributed by atoms with Crippen LogP contribution in [0.25, 0.3) is 0 Å². The van der Waals surface area contributed by atoms with E-state index in [9.17, 15) is 9.59 Å². The van der Waals surface area contributed by atoms with Gasteiger partial charge in [0.1, 0.15) is 18.6 Å². The fraction of sp³-hybridized carbons (Fsp3) is 0.636. The zero-order valence-corrected chi connectivity index (χ0v) is 15.5. The van der Waals surface area contributed by atoms with Gasteiger partial charge in [-0.2, -0.15) is 0 Å². The lowest BCUT2D eigenvalue weighted by Gasteiger charge is -2.50. The Hall–Kier alpha value is -1.72. The number of ketones is 1. The molecule has 4 fully saturated rings. The van der Waals surface area contributed by atoms with Gasteiger partial charge in [0.15, 0.2) is 5.78 Å². The monoisotopic (exact) mass is 370 g/mol. The third-order valence-electron chi connectivity index (χ3n) is 7.34. The van der Waals surface area contributed by atoms with Crippen molar-refractivity contribution in [3.05, 3.63) is 35.9 Å². The molecule has 1 saturated carbocycles. The van der Waals surface area contributed by atoms with Gasteiger partial charge in [-0.25, -0.2) is 0 Å². The van der Waals surface area contributed by atoms with Crippen molar-refractivity contribution in [3.63, 3.8) is 0 Å². The van der Waals surface area contributed by atoms with Crippen molar-refractivity contribution in [3.8, 4) is 0 Å². The van der Waals surface area contributed by atoms with E-state index in [2.05, 4.69) is 0 Å². The van der Waals surface area contributed by atoms with Crippen LogP contribution < -0.4 is 0 Å². The van der Waals surface area contributed by atoms with E-state index < -0.39 is 17.4 Å². The van der Waals surface area contributed by atoms with Gasteiger partial charge in [0.25, 0.3) is 0 Å². The summed E-state index contributed by atoms with van der Waals surface area (Å²) in [5, 5.41) is 0. The van der Waals surface area contributed by atoms with Gasteiger partial charge in [-0.05, 0) is 43.6 Å². The van der Waals surface area contributed by atoms with Crippen LogP contribution in [0.3, 0.4) is 0 Å². The first-order valence-electron chi connectivity index (χ1n) is 10.2. The topological polar surface area (TPSA) is 61.8 Å². The molecule has 0 radical (unpaired) electrons. The summed E-state index contributed by atoms with van der Waals surface area (Å²) in [5.74, 6) is -0.613. The normalized spacial score (nSPS) is 39.3. The molecular weight excluding hydrogens is 344 g/mol. The molecule has 1 aliphatic carbocycles. The fourth-order valence-electron chi connectivity index (χ4n) is 6.23. The largest absolute Gasteiger partial charge is 0.464 e. The van der Waals surface area contributed by atoms with E-state index >= 15 is 0 Å². The molecule has 3 heterocycles. The molecule has 2 bridgehead atoms. The second-order valence-electron chi connectivity index (χ2n) is 8.56. The zero-order valence-electron chi connectivity index (χ0n) is 15.5. The lowest BCUT2D eigenvalue weighted by molar-refractivity contribution is -0.195. The third-order valence-corrected chi connectivity index (χ3v) is 7.34. The van der Waals surface area contributed by atoms with E-state index in [0.717, 1.165) is 44.1 Å². The molecule has 3 saturated heterocycles. The highest BCUT2D eigenvalue weighted by atomic mass is 16.6. The highest BCUT2D eigenvalue weighted by Crippen LogP contribution is 2.66. The average molecular weight is 370 g/mol. The Morgan fingerprint density at radius 2 is 2.04 bits per heavy atom. The predicted molar refractivity (Wildman–Crippen MR) is 96.8 cm³/mol. The van der Waals surface area contributed by atoms with E-state index in [-0.39, 0.29) is 17.4 Å². The average Bonchev–Trinajstić information content (AvgIpc) is 3.32. The van der Waals surface area contributed by atoms with Crippen LogP contribution in [0.2, 0.25) is 0 Å². The van der Waals surface area contributed by atoms with Crippen LogP contribution in [-0.2, 0) is 30.4 Å². The second kappa shape index (κ2) is 6.42. The minimum atomic E-state index is -0.631. The molecule has 5 rings (SSSR count). The Morgan fingerprint density at radius 3 is 2.89 bits per heavy atom. The van der Waals surface area contributed by atoms with Gasteiger partial charge >= 0.3 is 5.97 Å². The Balaban J connectivity index is 1.31. The highest BCUT2D eigenvalue weighted by molar-refractivity contribution is 6.04. The molecule has 5 heteroatoms. The van der Waals surface area contributed by atoms with E-state index in [1.54, 1.807) is 0 Å². The number of benzene rings is 1. The predicted octanol–water partition coefficient (Wildman–Crippen LogP) is 3.05. The summed E-state index contributed by atoms with van der Waals surface area (Å²) in [7, 11) is 0. The standard InChI is InChI=1S/C22H26O5/c23-19-17-12-16-8-4-10-22(16,27-17)21(14-26-20(24)18(19)21)9-5-11-25-13-15-6-2-1-3-7-15/h1-3,6-7,16-18H,4-5,8-14H2/t16-,17+,18-,21+,22-/m1/s1. The molecule has 0 unspecified atom stereocenters. The Morgan fingerprint density at radius 1 is 1.19 bits per heavy atom. The Kier molecular flexibility index (Phi) is 4.13. The van der Waals surface area contributed by atoms with Gasteiger partial charge in [0.2, 0.25) is 0 Å². The Labute approximate surface area is 159 Å². The number of fused-ring (bicyclic) bond motifs is 2. The molecule has 27 heavy (non-hydrogen) atoms. The number of carbonyl (C=O) groups excluding carboxylic acids is 2. The van der Waals surface area contributed by atoms with E-state index in [0.29, 0.717) is 25.7 Å². The van der Waals surface area contributed by atoms with Gasteiger partial charge in [0, 0.05) is 6.61 Å². The van der Waals surface area contributed by atoms with Crippen LogP contribution >= 0.6 is 0 Å². The smallest absolute Gasteiger partial charge is 0.317 e. The van der Waals surface area contributed by atoms with Crippen LogP contribution in [0.15, 0.2) is 30.3 Å². The van der Waals surface area contributed by atoms with Gasteiger partial charge in [-0.3, -0.25) is 9.59 Å². The van der Waals surface area contributed by atoms with Crippen molar-refractivity contribution in [2.24, 2.45) is 17.3 Å². The quantitative estimate of drug-likeness (QED) is 0.438. The molecule has 1 aromatic rings. The van der Waals surface area contributed by atoms with Crippen molar-refractivity contribution < 1.29 is 23.8 Å². The second-order valence-corrected chi connectivity index (χ2v) is 8.56. The number of ether oxygens (including phenoxy) is 3. The summed E-state index contributed by atoms with van der Waals surface area (Å²) in [4.78, 5) is 25.4.